The molecule has 1 spiro atoms. The fraction of sp³-hybridized carbons (Fsp3) is 0.558. The van der Waals surface area contributed by atoms with Crippen molar-refractivity contribution in [2.45, 2.75) is 147 Å². The number of hydrogen-bond acceptors (Lipinski definition) is 20. The molecule has 7 aliphatic heterocycles. The second-order valence-electron chi connectivity index (χ2n) is 21.7. The van der Waals surface area contributed by atoms with E-state index in [0.717, 1.165) is 5.56 Å². The molecule has 0 amide bonds. The number of piperazine rings is 1. The molecular weight excluding hydrogens is 953 g/mol. The Morgan fingerprint density at radius 1 is 0.778 bits per heavy atom. The van der Waals surface area contributed by atoms with Crippen LogP contribution in [0.2, 0.25) is 0 Å². The van der Waals surface area contributed by atoms with Gasteiger partial charge < -0.3 is 57.4 Å². The normalized spacial score (nSPS) is 25.0. The summed E-state index contributed by atoms with van der Waals surface area (Å²) >= 11 is 1.38. The molecule has 72 heavy (non-hydrogen) atoms. The minimum Gasteiger partial charge on any atom is -0.493 e. The summed E-state index contributed by atoms with van der Waals surface area (Å²) in [6.07, 6.45) is -2.02. The molecule has 3 aromatic carbocycles. The lowest BCUT2D eigenvalue weighted by Gasteiger charge is -2.59. The van der Waals surface area contributed by atoms with E-state index in [4.69, 9.17) is 52.1 Å². The Hall–Kier alpha value is -6.14. The Bertz CT molecular complexity index is 2790. The summed E-state index contributed by atoms with van der Waals surface area (Å²) < 4.78 is 66.1. The average Bonchev–Trinajstić information content (AvgIpc) is 3.77. The van der Waals surface area contributed by atoms with Crippen molar-refractivity contribution in [3.63, 3.8) is 0 Å². The van der Waals surface area contributed by atoms with Gasteiger partial charge in [-0.15, -0.1) is 11.8 Å². The Labute approximate surface area is 422 Å². The number of fused-ring (bicyclic) bond motifs is 9. The molecule has 386 valence electrons. The first kappa shape index (κ1) is 50.8. The highest BCUT2D eigenvalue weighted by atomic mass is 32.2. The number of nitrogens with zero attached hydrogens (tertiary/aromatic N) is 2. The quantitative estimate of drug-likeness (QED) is 0.139. The molecule has 7 atom stereocenters. The van der Waals surface area contributed by atoms with Crippen molar-refractivity contribution < 1.29 is 71.3 Å². The van der Waals surface area contributed by atoms with Gasteiger partial charge in [-0.1, -0.05) is 6.07 Å². The summed E-state index contributed by atoms with van der Waals surface area (Å²) in [6.45, 7) is 19.1. The maximum Gasteiger partial charge on any atom is 0.514 e. The van der Waals surface area contributed by atoms with Crippen LogP contribution in [0.1, 0.15) is 124 Å². The molecule has 7 aliphatic rings. The van der Waals surface area contributed by atoms with Crippen molar-refractivity contribution >= 4 is 36.2 Å². The van der Waals surface area contributed by atoms with Crippen LogP contribution in [0.25, 0.3) is 0 Å². The van der Waals surface area contributed by atoms with Crippen molar-refractivity contribution in [2.75, 3.05) is 39.9 Å². The summed E-state index contributed by atoms with van der Waals surface area (Å²) in [7, 11) is 2.94. The predicted octanol–water partition coefficient (Wildman–Crippen LogP) is 8.25. The monoisotopic (exact) mass is 1010 g/mol. The van der Waals surface area contributed by atoms with Gasteiger partial charge >= 0.3 is 24.4 Å². The van der Waals surface area contributed by atoms with Gasteiger partial charge in [0, 0.05) is 46.6 Å². The maximum atomic E-state index is 15.3. The Morgan fingerprint density at radius 2 is 1.42 bits per heavy atom. The molecule has 10 rings (SSSR count). The number of thioether (sulfide) groups is 1. The van der Waals surface area contributed by atoms with E-state index in [1.165, 1.54) is 26.0 Å². The topological polar surface area (TPSA) is 221 Å². The zero-order valence-electron chi connectivity index (χ0n) is 42.9. The molecule has 2 N–H and O–H groups in total. The van der Waals surface area contributed by atoms with Gasteiger partial charge in [0.05, 0.1) is 37.6 Å². The molecule has 0 radical (unpaired) electrons. The third-order valence-electron chi connectivity index (χ3n) is 13.4. The Kier molecular flexibility index (Phi) is 13.0. The van der Waals surface area contributed by atoms with Crippen LogP contribution in [0.5, 0.6) is 40.2 Å². The second kappa shape index (κ2) is 18.4. The van der Waals surface area contributed by atoms with E-state index in [2.05, 4.69) is 21.6 Å². The highest BCUT2D eigenvalue weighted by Gasteiger charge is 2.60. The van der Waals surface area contributed by atoms with Gasteiger partial charge in [0.25, 0.3) is 0 Å². The second-order valence-corrected chi connectivity index (χ2v) is 22.9. The minimum absolute atomic E-state index is 0.00540. The van der Waals surface area contributed by atoms with Crippen molar-refractivity contribution in [1.82, 2.24) is 15.5 Å². The molecule has 2 fully saturated rings. The molecule has 0 aromatic heterocycles. The van der Waals surface area contributed by atoms with Gasteiger partial charge in [-0.2, -0.15) is 5.26 Å². The van der Waals surface area contributed by atoms with Crippen LogP contribution in [0.3, 0.4) is 0 Å². The van der Waals surface area contributed by atoms with E-state index >= 15 is 4.79 Å². The Balaban J connectivity index is 1.27. The SMILES string of the molecule is COc1cc2c(cc1OC(=O)OC(C)(C)C)CCN[C@]21CS[C@@H]2c3c(OC(=O)OC(C)(C)C)c(C)c4c(c3[C@H](COC1=O)N1C2[C@H]2N[C@H](Cc3cc(C)c(OC)c(OC(=O)OC(C)(C)C)c32)[C@@H]1C#N)OCO4. The van der Waals surface area contributed by atoms with Crippen LogP contribution in [-0.4, -0.2) is 104 Å². The number of nitriles is 1. The fourth-order valence-electron chi connectivity index (χ4n) is 10.9. The summed E-state index contributed by atoms with van der Waals surface area (Å²) in [4.78, 5) is 58.0. The molecular formula is C52H62N4O15S. The van der Waals surface area contributed by atoms with Crippen molar-refractivity contribution in [2.24, 2.45) is 0 Å². The third kappa shape index (κ3) is 9.06. The average molecular weight is 1020 g/mol. The number of hydrogen-bond donors (Lipinski definition) is 2. The molecule has 4 bridgehead atoms. The first-order chi connectivity index (χ1) is 33.9. The lowest BCUT2D eigenvalue weighted by atomic mass is 9.72. The van der Waals surface area contributed by atoms with Gasteiger partial charge in [-0.05, 0) is 123 Å². The number of aryl methyl sites for hydroxylation is 1. The summed E-state index contributed by atoms with van der Waals surface area (Å²) in [6, 6.07) is 4.29. The van der Waals surface area contributed by atoms with Crippen LogP contribution in [0.4, 0.5) is 14.4 Å². The maximum absolute atomic E-state index is 15.3. The molecule has 0 saturated carbocycles. The molecule has 3 aromatic rings. The molecule has 7 heterocycles. The number of benzene rings is 3. The highest BCUT2D eigenvalue weighted by Crippen LogP contribution is 2.63. The first-order valence-corrected chi connectivity index (χ1v) is 25.0. The molecule has 20 heteroatoms. The standard InChI is InChI=1S/C52H62N4O15S/c1-24-16-27-17-29-30(20-53)56-31-21-63-45(57)52(28-19-32(61-12)33(18-26(28)14-15-54-52)66-46(58)69-49(3,4)5)22-72-44(38(56)37(55-29)34(27)43(39(24)62-13)68-48(60)71-51(9,10)11)36-35(31)42-41(64-23-65-42)25(2)40(36)67-47(59)70-50(6,7)8/h16,18-19,29-31,37-38,44,54-55H,14-15,17,21-23H2,1-13H3/t29-,30+,31+,37+,38?,44-,52-/m1/s1. The lowest BCUT2D eigenvalue weighted by Crippen LogP contribution is -2.69. The largest absolute Gasteiger partial charge is 0.514 e. The molecule has 19 nitrogen and oxygen atoms in total. The Morgan fingerprint density at radius 3 is 2.04 bits per heavy atom. The predicted molar refractivity (Wildman–Crippen MR) is 259 cm³/mol. The van der Waals surface area contributed by atoms with Crippen LogP contribution < -0.4 is 43.8 Å². The van der Waals surface area contributed by atoms with Gasteiger partial charge in [-0.3, -0.25) is 10.2 Å². The number of methoxy groups -OCH3 is 2. The van der Waals surface area contributed by atoms with Crippen molar-refractivity contribution in [3.05, 3.63) is 62.7 Å². The van der Waals surface area contributed by atoms with Crippen LogP contribution >= 0.6 is 11.8 Å². The van der Waals surface area contributed by atoms with Crippen molar-refractivity contribution in [3.8, 4) is 46.3 Å². The summed E-state index contributed by atoms with van der Waals surface area (Å²) in [5.41, 5.74) is 0.724. The zero-order valence-corrected chi connectivity index (χ0v) is 43.7. The van der Waals surface area contributed by atoms with Gasteiger partial charge in [0.2, 0.25) is 6.79 Å². The van der Waals surface area contributed by atoms with E-state index in [9.17, 15) is 19.6 Å². The molecule has 2 saturated heterocycles. The number of nitrogens with one attached hydrogen (secondary N) is 2. The highest BCUT2D eigenvalue weighted by molar-refractivity contribution is 7.99. The van der Waals surface area contributed by atoms with Gasteiger partial charge in [0.15, 0.2) is 40.0 Å². The van der Waals surface area contributed by atoms with E-state index in [1.807, 2.05) is 13.0 Å². The van der Waals surface area contributed by atoms with Crippen LogP contribution in [0, 0.1) is 25.2 Å². The number of carbonyl (C=O) groups excluding carboxylic acids is 4. The van der Waals surface area contributed by atoms with Gasteiger partial charge in [0.1, 0.15) is 35.2 Å². The molecule has 1 unspecified atom stereocenters. The van der Waals surface area contributed by atoms with E-state index in [-0.39, 0.29) is 42.2 Å². The number of ether oxygens (including phenoxy) is 11. The zero-order chi connectivity index (χ0) is 52.0. The minimum atomic E-state index is -1.54. The van der Waals surface area contributed by atoms with E-state index < -0.39 is 82.2 Å². The van der Waals surface area contributed by atoms with Crippen LogP contribution in [0.15, 0.2) is 18.2 Å². The fourth-order valence-corrected chi connectivity index (χ4v) is 12.6. The smallest absolute Gasteiger partial charge is 0.493 e. The summed E-state index contributed by atoms with van der Waals surface area (Å²) in [5, 5.41) is 17.9. The molecule has 0 aliphatic carbocycles. The lowest BCUT2D eigenvalue weighted by molar-refractivity contribution is -0.155. The number of carbonyl (C=O) groups is 4. The number of esters is 1. The van der Waals surface area contributed by atoms with E-state index in [1.54, 1.807) is 81.4 Å². The van der Waals surface area contributed by atoms with E-state index in [0.29, 0.717) is 75.6 Å². The van der Waals surface area contributed by atoms with Crippen molar-refractivity contribution in [1.29, 1.82) is 5.26 Å². The van der Waals surface area contributed by atoms with Gasteiger partial charge in [-0.25, -0.2) is 19.2 Å². The first-order valence-electron chi connectivity index (χ1n) is 23.9. The summed E-state index contributed by atoms with van der Waals surface area (Å²) in [5.74, 6) is 1.03. The van der Waals surface area contributed by atoms with Crippen LogP contribution in [-0.2, 0) is 42.1 Å². The number of rotatable bonds is 5. The third-order valence-corrected chi connectivity index (χ3v) is 14.9.